The molecule has 0 unspecified atom stereocenters. The van der Waals surface area contributed by atoms with Gasteiger partial charge in [-0.15, -0.1) is 0 Å². The Labute approximate surface area is 81.9 Å². The minimum absolute atomic E-state index is 0.0536. The van der Waals surface area contributed by atoms with Crippen LogP contribution in [-0.2, 0) is 11.2 Å². The van der Waals surface area contributed by atoms with Crippen LogP contribution in [0.3, 0.4) is 0 Å². The standard InChI is InChI=1S/C9H13N3O2/c1-6(2)12-8(9(10)14)5-7(11-12)3-4-13/h4-6H,3H2,1-2H3,(H2,10,14). The van der Waals surface area contributed by atoms with Gasteiger partial charge in [0, 0.05) is 12.5 Å². The van der Waals surface area contributed by atoms with Crippen molar-refractivity contribution in [2.75, 3.05) is 0 Å². The first-order valence-corrected chi connectivity index (χ1v) is 4.38. The first-order valence-electron chi connectivity index (χ1n) is 4.38. The highest BCUT2D eigenvalue weighted by Gasteiger charge is 2.14. The van der Waals surface area contributed by atoms with E-state index in [1.807, 2.05) is 13.8 Å². The Morgan fingerprint density at radius 2 is 2.36 bits per heavy atom. The number of hydrogen-bond acceptors (Lipinski definition) is 3. The molecule has 0 bridgehead atoms. The molecule has 76 valence electrons. The molecule has 0 saturated heterocycles. The summed E-state index contributed by atoms with van der Waals surface area (Å²) in [6, 6.07) is 1.61. The van der Waals surface area contributed by atoms with Crippen LogP contribution < -0.4 is 5.73 Å². The van der Waals surface area contributed by atoms with Gasteiger partial charge >= 0.3 is 0 Å². The maximum Gasteiger partial charge on any atom is 0.266 e. The highest BCUT2D eigenvalue weighted by molar-refractivity contribution is 5.91. The predicted molar refractivity (Wildman–Crippen MR) is 50.9 cm³/mol. The minimum Gasteiger partial charge on any atom is -0.364 e. The molecule has 0 fully saturated rings. The van der Waals surface area contributed by atoms with Crippen LogP contribution in [0.1, 0.15) is 36.1 Å². The largest absolute Gasteiger partial charge is 0.364 e. The number of carbonyl (C=O) groups excluding carboxylic acids is 2. The van der Waals surface area contributed by atoms with Crippen molar-refractivity contribution in [2.45, 2.75) is 26.3 Å². The number of amides is 1. The van der Waals surface area contributed by atoms with E-state index in [0.29, 0.717) is 11.4 Å². The van der Waals surface area contributed by atoms with Gasteiger partial charge in [-0.05, 0) is 19.9 Å². The highest BCUT2D eigenvalue weighted by atomic mass is 16.1. The van der Waals surface area contributed by atoms with Crippen molar-refractivity contribution in [3.05, 3.63) is 17.5 Å². The highest BCUT2D eigenvalue weighted by Crippen LogP contribution is 2.10. The second-order valence-corrected chi connectivity index (χ2v) is 3.29. The molecule has 5 heteroatoms. The fourth-order valence-corrected chi connectivity index (χ4v) is 1.21. The first kappa shape index (κ1) is 10.4. The van der Waals surface area contributed by atoms with Crippen LogP contribution in [0.2, 0.25) is 0 Å². The fraction of sp³-hybridized carbons (Fsp3) is 0.444. The lowest BCUT2D eigenvalue weighted by atomic mass is 10.3. The number of carbonyl (C=O) groups is 2. The zero-order valence-electron chi connectivity index (χ0n) is 8.23. The van der Waals surface area contributed by atoms with E-state index in [2.05, 4.69) is 5.10 Å². The summed E-state index contributed by atoms with van der Waals surface area (Å²) >= 11 is 0. The number of aromatic nitrogens is 2. The van der Waals surface area contributed by atoms with Gasteiger partial charge in [-0.2, -0.15) is 5.10 Å². The van der Waals surface area contributed by atoms with Crippen molar-refractivity contribution in [1.29, 1.82) is 0 Å². The van der Waals surface area contributed by atoms with Crippen molar-refractivity contribution >= 4 is 12.2 Å². The van der Waals surface area contributed by atoms with E-state index in [1.165, 1.54) is 4.68 Å². The zero-order valence-corrected chi connectivity index (χ0v) is 8.23. The average molecular weight is 195 g/mol. The number of aldehydes is 1. The van der Waals surface area contributed by atoms with Gasteiger partial charge in [0.2, 0.25) is 0 Å². The third kappa shape index (κ3) is 1.99. The molecule has 1 aromatic rings. The summed E-state index contributed by atoms with van der Waals surface area (Å²) in [7, 11) is 0. The molecule has 1 amide bonds. The smallest absolute Gasteiger partial charge is 0.266 e. The number of nitrogens with zero attached hydrogens (tertiary/aromatic N) is 2. The van der Waals surface area contributed by atoms with Crippen LogP contribution in [0.15, 0.2) is 6.07 Å². The SMILES string of the molecule is CC(C)n1nc(CC=O)cc1C(N)=O. The van der Waals surface area contributed by atoms with Crippen LogP contribution in [0, 0.1) is 0 Å². The first-order chi connectivity index (χ1) is 6.56. The van der Waals surface area contributed by atoms with Gasteiger partial charge in [0.05, 0.1) is 5.69 Å². The van der Waals surface area contributed by atoms with Crippen molar-refractivity contribution in [2.24, 2.45) is 5.73 Å². The summed E-state index contributed by atoms with van der Waals surface area (Å²) in [5.74, 6) is -0.525. The lowest BCUT2D eigenvalue weighted by molar-refractivity contribution is -0.107. The second kappa shape index (κ2) is 4.04. The zero-order chi connectivity index (χ0) is 10.7. The van der Waals surface area contributed by atoms with Crippen molar-refractivity contribution in [3.63, 3.8) is 0 Å². The van der Waals surface area contributed by atoms with Gasteiger partial charge in [0.1, 0.15) is 12.0 Å². The van der Waals surface area contributed by atoms with E-state index < -0.39 is 5.91 Å². The van der Waals surface area contributed by atoms with Crippen LogP contribution >= 0.6 is 0 Å². The summed E-state index contributed by atoms with van der Waals surface area (Å²) in [5.41, 5.74) is 6.09. The molecule has 0 radical (unpaired) electrons. The van der Waals surface area contributed by atoms with E-state index in [9.17, 15) is 9.59 Å². The van der Waals surface area contributed by atoms with Crippen molar-refractivity contribution < 1.29 is 9.59 Å². The maximum atomic E-state index is 11.0. The van der Waals surface area contributed by atoms with E-state index in [4.69, 9.17) is 5.73 Å². The monoisotopic (exact) mass is 195 g/mol. The van der Waals surface area contributed by atoms with Gasteiger partial charge in [0.15, 0.2) is 0 Å². The van der Waals surface area contributed by atoms with Gasteiger partial charge in [-0.25, -0.2) is 0 Å². The van der Waals surface area contributed by atoms with E-state index in [1.54, 1.807) is 6.07 Å². The van der Waals surface area contributed by atoms with E-state index >= 15 is 0 Å². The Kier molecular flexibility index (Phi) is 3.01. The van der Waals surface area contributed by atoms with Crippen LogP contribution in [0.5, 0.6) is 0 Å². The molecule has 5 nitrogen and oxygen atoms in total. The Hall–Kier alpha value is -1.65. The van der Waals surface area contributed by atoms with Crippen LogP contribution in [-0.4, -0.2) is 22.0 Å². The Balaban J connectivity index is 3.12. The maximum absolute atomic E-state index is 11.0. The quantitative estimate of drug-likeness (QED) is 0.702. The van der Waals surface area contributed by atoms with Gasteiger partial charge in [-0.1, -0.05) is 0 Å². The summed E-state index contributed by atoms with van der Waals surface area (Å²) in [6.07, 6.45) is 0.956. The summed E-state index contributed by atoms with van der Waals surface area (Å²) in [4.78, 5) is 21.3. The van der Waals surface area contributed by atoms with Crippen LogP contribution in [0.4, 0.5) is 0 Å². The molecule has 2 N–H and O–H groups in total. The summed E-state index contributed by atoms with van der Waals surface area (Å²) in [6.45, 7) is 3.79. The number of rotatable bonds is 4. The van der Waals surface area contributed by atoms with Crippen molar-refractivity contribution in [1.82, 2.24) is 9.78 Å². The molecular formula is C9H13N3O2. The number of primary amides is 1. The number of hydrogen-bond donors (Lipinski definition) is 1. The molecule has 1 aromatic heterocycles. The molecule has 14 heavy (non-hydrogen) atoms. The van der Waals surface area contributed by atoms with Crippen LogP contribution in [0.25, 0.3) is 0 Å². The summed E-state index contributed by atoms with van der Waals surface area (Å²) in [5, 5.41) is 4.11. The predicted octanol–water partition coefficient (Wildman–Crippen LogP) is 0.304. The Morgan fingerprint density at radius 3 is 2.71 bits per heavy atom. The fourth-order valence-electron chi connectivity index (χ4n) is 1.21. The summed E-state index contributed by atoms with van der Waals surface area (Å²) < 4.78 is 1.53. The molecule has 0 spiro atoms. The Morgan fingerprint density at radius 1 is 1.71 bits per heavy atom. The topological polar surface area (TPSA) is 78.0 Å². The molecule has 0 aliphatic carbocycles. The number of nitrogens with two attached hydrogens (primary N) is 1. The van der Waals surface area contributed by atoms with Gasteiger partial charge in [0.25, 0.3) is 5.91 Å². The molecule has 0 atom stereocenters. The molecular weight excluding hydrogens is 182 g/mol. The van der Waals surface area contributed by atoms with Gasteiger partial charge in [-0.3, -0.25) is 9.48 Å². The minimum atomic E-state index is -0.525. The second-order valence-electron chi connectivity index (χ2n) is 3.29. The molecule has 1 heterocycles. The van der Waals surface area contributed by atoms with Crippen molar-refractivity contribution in [3.8, 4) is 0 Å². The Bertz CT molecular complexity index is 355. The molecule has 0 saturated carbocycles. The third-order valence-electron chi connectivity index (χ3n) is 1.82. The lowest BCUT2D eigenvalue weighted by Gasteiger charge is -2.07. The van der Waals surface area contributed by atoms with Gasteiger partial charge < -0.3 is 10.5 Å². The van der Waals surface area contributed by atoms with E-state index in [-0.39, 0.29) is 12.5 Å². The lowest BCUT2D eigenvalue weighted by Crippen LogP contribution is -2.18. The third-order valence-corrected chi connectivity index (χ3v) is 1.82. The molecule has 0 aliphatic heterocycles. The van der Waals surface area contributed by atoms with E-state index in [0.717, 1.165) is 6.29 Å². The molecule has 1 rings (SSSR count). The normalized spacial score (nSPS) is 10.5. The average Bonchev–Trinajstić information content (AvgIpc) is 2.49. The molecule has 0 aromatic carbocycles. The molecule has 0 aliphatic rings.